The average molecular weight is 342 g/mol. The highest BCUT2D eigenvalue weighted by molar-refractivity contribution is 7.10. The molecule has 0 radical (unpaired) electrons. The Hall–Kier alpha value is -1.99. The lowest BCUT2D eigenvalue weighted by atomic mass is 9.88. The minimum Gasteiger partial charge on any atom is -0.369 e. The molecule has 0 aliphatic carbocycles. The number of aromatic nitrogens is 4. The summed E-state index contributed by atoms with van der Waals surface area (Å²) in [6, 6.07) is 6.93. The van der Waals surface area contributed by atoms with Gasteiger partial charge in [-0.3, -0.25) is 4.90 Å². The number of thiophene rings is 1. The third-order valence-electron chi connectivity index (χ3n) is 4.77. The van der Waals surface area contributed by atoms with E-state index in [0.29, 0.717) is 17.7 Å². The normalized spacial score (nSPS) is 22.1. The van der Waals surface area contributed by atoms with Crippen LogP contribution in [-0.4, -0.2) is 44.6 Å². The van der Waals surface area contributed by atoms with Crippen molar-refractivity contribution in [3.8, 4) is 0 Å². The lowest BCUT2D eigenvalue weighted by Crippen LogP contribution is -2.38. The van der Waals surface area contributed by atoms with Gasteiger partial charge in [-0.05, 0) is 50.7 Å². The van der Waals surface area contributed by atoms with E-state index in [1.165, 1.54) is 24.3 Å². The molecule has 0 saturated carbocycles. The smallest absolute Gasteiger partial charge is 0.254 e. The van der Waals surface area contributed by atoms with Crippen LogP contribution in [0.1, 0.15) is 29.5 Å². The Morgan fingerprint density at radius 2 is 2.33 bits per heavy atom. The second-order valence-corrected chi connectivity index (χ2v) is 7.46. The van der Waals surface area contributed by atoms with Gasteiger partial charge in [0.15, 0.2) is 0 Å². The summed E-state index contributed by atoms with van der Waals surface area (Å²) in [5, 5.41) is 10.0. The van der Waals surface area contributed by atoms with E-state index in [-0.39, 0.29) is 0 Å². The van der Waals surface area contributed by atoms with Crippen LogP contribution in [-0.2, 0) is 0 Å². The van der Waals surface area contributed by atoms with Gasteiger partial charge in [-0.1, -0.05) is 6.07 Å². The van der Waals surface area contributed by atoms with Crippen LogP contribution in [0.5, 0.6) is 0 Å². The van der Waals surface area contributed by atoms with Gasteiger partial charge in [-0.25, -0.2) is 4.98 Å². The standard InChI is InChI=1S/C17H22N6S/c1-12-9-15(23-17(21-12)19-11-20-23)18-10-13-5-3-7-22(2)16(13)14-6-4-8-24-14/h4,6,8-9,11,13,16,18H,3,5,7,10H2,1-2H3/t13-,16-/m1/s1. The first-order valence-corrected chi connectivity index (χ1v) is 9.25. The van der Waals surface area contributed by atoms with Crippen LogP contribution in [0.25, 0.3) is 5.78 Å². The highest BCUT2D eigenvalue weighted by Crippen LogP contribution is 2.37. The van der Waals surface area contributed by atoms with E-state index in [0.717, 1.165) is 18.1 Å². The fourth-order valence-electron chi connectivity index (χ4n) is 3.67. The number of fused-ring (bicyclic) bond motifs is 1. The first kappa shape index (κ1) is 15.5. The van der Waals surface area contributed by atoms with Crippen molar-refractivity contribution in [1.29, 1.82) is 0 Å². The summed E-state index contributed by atoms with van der Waals surface area (Å²) in [6.07, 6.45) is 4.04. The molecular formula is C17H22N6S. The van der Waals surface area contributed by atoms with Crippen LogP contribution in [0.4, 0.5) is 5.82 Å². The maximum atomic E-state index is 4.40. The van der Waals surface area contributed by atoms with Crippen molar-refractivity contribution in [3.05, 3.63) is 40.5 Å². The van der Waals surface area contributed by atoms with E-state index in [2.05, 4.69) is 49.8 Å². The largest absolute Gasteiger partial charge is 0.369 e. The second-order valence-electron chi connectivity index (χ2n) is 6.48. The van der Waals surface area contributed by atoms with Crippen molar-refractivity contribution < 1.29 is 0 Å². The molecule has 0 aromatic carbocycles. The summed E-state index contributed by atoms with van der Waals surface area (Å²) < 4.78 is 1.78. The molecule has 1 fully saturated rings. The molecule has 1 saturated heterocycles. The zero-order chi connectivity index (χ0) is 16.5. The maximum absolute atomic E-state index is 4.40. The van der Waals surface area contributed by atoms with Gasteiger partial charge in [-0.2, -0.15) is 14.6 Å². The number of likely N-dealkylation sites (tertiary alicyclic amines) is 1. The number of anilines is 1. The van der Waals surface area contributed by atoms with E-state index in [4.69, 9.17) is 0 Å². The number of nitrogens with one attached hydrogen (secondary N) is 1. The van der Waals surface area contributed by atoms with Gasteiger partial charge >= 0.3 is 0 Å². The molecule has 0 bridgehead atoms. The van der Waals surface area contributed by atoms with Crippen molar-refractivity contribution >= 4 is 22.9 Å². The quantitative estimate of drug-likeness (QED) is 0.790. The molecule has 3 aromatic rings. The molecule has 7 heteroatoms. The Morgan fingerprint density at radius 1 is 1.42 bits per heavy atom. The van der Waals surface area contributed by atoms with Gasteiger partial charge in [0.05, 0.1) is 0 Å². The van der Waals surface area contributed by atoms with Crippen LogP contribution in [0.3, 0.4) is 0 Å². The first-order valence-electron chi connectivity index (χ1n) is 8.37. The minimum absolute atomic E-state index is 0.487. The lowest BCUT2D eigenvalue weighted by Gasteiger charge is -2.39. The number of aryl methyl sites for hydroxylation is 1. The SMILES string of the molecule is Cc1cc(NC[C@H]2CCCN(C)[C@H]2c2cccs2)n2ncnc2n1. The third-order valence-corrected chi connectivity index (χ3v) is 5.71. The zero-order valence-electron chi connectivity index (χ0n) is 14.0. The summed E-state index contributed by atoms with van der Waals surface area (Å²) in [4.78, 5) is 12.5. The maximum Gasteiger partial charge on any atom is 0.254 e. The molecular weight excluding hydrogens is 320 g/mol. The van der Waals surface area contributed by atoms with Gasteiger partial charge in [0.2, 0.25) is 0 Å². The Labute approximate surface area is 145 Å². The summed E-state index contributed by atoms with van der Waals surface area (Å²) >= 11 is 1.86. The number of hydrogen-bond acceptors (Lipinski definition) is 6. The van der Waals surface area contributed by atoms with Crippen molar-refractivity contribution in [2.24, 2.45) is 5.92 Å². The van der Waals surface area contributed by atoms with Gasteiger partial charge < -0.3 is 5.32 Å². The fraction of sp³-hybridized carbons (Fsp3) is 0.471. The summed E-state index contributed by atoms with van der Waals surface area (Å²) in [5.74, 6) is 2.19. The minimum atomic E-state index is 0.487. The van der Waals surface area contributed by atoms with Gasteiger partial charge in [-0.15, -0.1) is 11.3 Å². The molecule has 3 aromatic heterocycles. The number of rotatable bonds is 4. The Balaban J connectivity index is 1.56. The van der Waals surface area contributed by atoms with Gasteiger partial charge in [0.25, 0.3) is 5.78 Å². The Bertz CT molecular complexity index is 812. The third kappa shape index (κ3) is 2.89. The molecule has 1 aliphatic heterocycles. The monoisotopic (exact) mass is 342 g/mol. The van der Waals surface area contributed by atoms with E-state index >= 15 is 0 Å². The van der Waals surface area contributed by atoms with Gasteiger partial charge in [0.1, 0.15) is 12.1 Å². The first-order chi connectivity index (χ1) is 11.7. The predicted octanol–water partition coefficient (Wildman–Crippen LogP) is 2.99. The molecule has 0 unspecified atom stereocenters. The topological polar surface area (TPSA) is 58.4 Å². The predicted molar refractivity (Wildman–Crippen MR) is 96.4 cm³/mol. The van der Waals surface area contributed by atoms with Crippen LogP contribution in [0, 0.1) is 12.8 Å². The fourth-order valence-corrected chi connectivity index (χ4v) is 4.66. The van der Waals surface area contributed by atoms with E-state index < -0.39 is 0 Å². The number of piperidine rings is 1. The van der Waals surface area contributed by atoms with Crippen LogP contribution >= 0.6 is 11.3 Å². The summed E-state index contributed by atoms with van der Waals surface area (Å²) in [7, 11) is 2.24. The zero-order valence-corrected chi connectivity index (χ0v) is 14.8. The molecule has 0 spiro atoms. The highest BCUT2D eigenvalue weighted by Gasteiger charge is 2.31. The lowest BCUT2D eigenvalue weighted by molar-refractivity contribution is 0.130. The van der Waals surface area contributed by atoms with E-state index in [1.54, 1.807) is 10.8 Å². The van der Waals surface area contributed by atoms with Crippen LogP contribution in [0.2, 0.25) is 0 Å². The molecule has 1 N–H and O–H groups in total. The van der Waals surface area contributed by atoms with E-state index in [9.17, 15) is 0 Å². The molecule has 4 rings (SSSR count). The average Bonchev–Trinajstić information content (AvgIpc) is 3.23. The molecule has 4 heterocycles. The molecule has 6 nitrogen and oxygen atoms in total. The highest BCUT2D eigenvalue weighted by atomic mass is 32.1. The molecule has 0 amide bonds. The summed E-state index contributed by atoms with van der Waals surface area (Å²) in [5.41, 5.74) is 0.952. The number of nitrogens with zero attached hydrogens (tertiary/aromatic N) is 5. The second kappa shape index (κ2) is 6.49. The Kier molecular flexibility index (Phi) is 4.20. The molecule has 2 atom stereocenters. The van der Waals surface area contributed by atoms with Crippen molar-refractivity contribution in [3.63, 3.8) is 0 Å². The van der Waals surface area contributed by atoms with Crippen molar-refractivity contribution in [2.75, 3.05) is 25.5 Å². The van der Waals surface area contributed by atoms with E-state index in [1.807, 2.05) is 24.3 Å². The van der Waals surface area contributed by atoms with Crippen LogP contribution in [0.15, 0.2) is 29.9 Å². The molecule has 126 valence electrons. The van der Waals surface area contributed by atoms with Crippen molar-refractivity contribution in [1.82, 2.24) is 24.5 Å². The summed E-state index contributed by atoms with van der Waals surface area (Å²) in [6.45, 7) is 4.08. The Morgan fingerprint density at radius 3 is 3.17 bits per heavy atom. The van der Waals surface area contributed by atoms with Crippen LogP contribution < -0.4 is 5.32 Å². The number of hydrogen-bond donors (Lipinski definition) is 1. The molecule has 1 aliphatic rings. The van der Waals surface area contributed by atoms with Crippen molar-refractivity contribution in [2.45, 2.75) is 25.8 Å². The molecule has 24 heavy (non-hydrogen) atoms. The van der Waals surface area contributed by atoms with Gasteiger partial charge in [0, 0.05) is 29.2 Å².